The summed E-state index contributed by atoms with van der Waals surface area (Å²) < 4.78 is 27.2. The SMILES string of the molecule is C[C@H](C(=O)N1CC(=O)Nc2ccccc21)N1CCN(C(c2ccc(F)cc2)c2ccc(F)cc2)CC1. The topological polar surface area (TPSA) is 55.9 Å². The molecule has 36 heavy (non-hydrogen) atoms. The zero-order chi connectivity index (χ0) is 25.2. The van der Waals surface area contributed by atoms with Gasteiger partial charge in [0.25, 0.3) is 0 Å². The Kier molecular flexibility index (Phi) is 6.80. The standard InChI is InChI=1S/C28H28F2N4O2/c1-19(28(36)34-18-26(35)31-24-4-2-3-5-25(24)34)32-14-16-33(17-15-32)27(20-6-10-22(29)11-7-20)21-8-12-23(30)13-9-21/h2-13,19,27H,14-18H2,1H3,(H,31,35)/t19-/m1/s1. The van der Waals surface area contributed by atoms with E-state index >= 15 is 0 Å². The number of nitrogens with zero attached hydrogens (tertiary/aromatic N) is 3. The Morgan fingerprint density at radius 2 is 1.33 bits per heavy atom. The fourth-order valence-corrected chi connectivity index (χ4v) is 5.10. The summed E-state index contributed by atoms with van der Waals surface area (Å²) in [6.07, 6.45) is 0. The van der Waals surface area contributed by atoms with Crippen LogP contribution in [0.25, 0.3) is 0 Å². The van der Waals surface area contributed by atoms with E-state index < -0.39 is 6.04 Å². The second-order valence-corrected chi connectivity index (χ2v) is 9.24. The molecule has 0 spiro atoms. The molecule has 186 valence electrons. The number of amides is 2. The fraction of sp³-hybridized carbons (Fsp3) is 0.286. The second kappa shape index (κ2) is 10.2. The minimum Gasteiger partial charge on any atom is -0.323 e. The van der Waals surface area contributed by atoms with E-state index in [1.807, 2.05) is 25.1 Å². The van der Waals surface area contributed by atoms with Gasteiger partial charge >= 0.3 is 0 Å². The van der Waals surface area contributed by atoms with Crippen molar-refractivity contribution in [3.05, 3.63) is 95.6 Å². The average Bonchev–Trinajstić information content (AvgIpc) is 2.90. The van der Waals surface area contributed by atoms with Crippen LogP contribution in [0.5, 0.6) is 0 Å². The molecule has 3 aromatic carbocycles. The summed E-state index contributed by atoms with van der Waals surface area (Å²) in [5, 5.41) is 2.82. The summed E-state index contributed by atoms with van der Waals surface area (Å²) in [6.45, 7) is 4.52. The van der Waals surface area contributed by atoms with Gasteiger partial charge in [-0.2, -0.15) is 0 Å². The van der Waals surface area contributed by atoms with E-state index in [1.54, 1.807) is 35.2 Å². The van der Waals surface area contributed by atoms with Crippen LogP contribution in [0.15, 0.2) is 72.8 Å². The zero-order valence-electron chi connectivity index (χ0n) is 20.0. The number of hydrogen-bond donors (Lipinski definition) is 1. The molecule has 2 aliphatic heterocycles. The van der Waals surface area contributed by atoms with Crippen LogP contribution in [0.4, 0.5) is 20.2 Å². The summed E-state index contributed by atoms with van der Waals surface area (Å²) >= 11 is 0. The van der Waals surface area contributed by atoms with Crippen LogP contribution in [-0.4, -0.2) is 60.4 Å². The van der Waals surface area contributed by atoms with Gasteiger partial charge in [0.2, 0.25) is 11.8 Å². The molecule has 2 heterocycles. The van der Waals surface area contributed by atoms with Crippen LogP contribution in [0.3, 0.4) is 0 Å². The molecule has 0 saturated carbocycles. The molecular formula is C28H28F2N4O2. The minimum absolute atomic E-state index is 0.00262. The maximum Gasteiger partial charge on any atom is 0.244 e. The lowest BCUT2D eigenvalue weighted by atomic mass is 9.96. The first-order valence-corrected chi connectivity index (χ1v) is 12.1. The summed E-state index contributed by atoms with van der Waals surface area (Å²) in [5.41, 5.74) is 3.20. The molecular weight excluding hydrogens is 462 g/mol. The van der Waals surface area contributed by atoms with E-state index in [-0.39, 0.29) is 36.0 Å². The lowest BCUT2D eigenvalue weighted by Gasteiger charge is -2.42. The van der Waals surface area contributed by atoms with Crippen LogP contribution in [0.2, 0.25) is 0 Å². The molecule has 0 aliphatic carbocycles. The van der Waals surface area contributed by atoms with Crippen molar-refractivity contribution >= 4 is 23.2 Å². The van der Waals surface area contributed by atoms with Crippen molar-refractivity contribution in [3.8, 4) is 0 Å². The first-order valence-electron chi connectivity index (χ1n) is 12.1. The molecule has 5 rings (SSSR count). The number of piperazine rings is 1. The number of fused-ring (bicyclic) bond motifs is 1. The molecule has 0 unspecified atom stereocenters. The van der Waals surface area contributed by atoms with Gasteiger partial charge in [-0.25, -0.2) is 8.78 Å². The number of benzene rings is 3. The predicted octanol–water partition coefficient (Wildman–Crippen LogP) is 4.05. The lowest BCUT2D eigenvalue weighted by Crippen LogP contribution is -2.56. The second-order valence-electron chi connectivity index (χ2n) is 9.24. The van der Waals surface area contributed by atoms with Gasteiger partial charge in [-0.3, -0.25) is 24.3 Å². The van der Waals surface area contributed by atoms with Gasteiger partial charge in [-0.15, -0.1) is 0 Å². The van der Waals surface area contributed by atoms with E-state index in [9.17, 15) is 18.4 Å². The normalized spacial score (nSPS) is 17.6. The molecule has 6 nitrogen and oxygen atoms in total. The number of anilines is 2. The third-order valence-corrected chi connectivity index (χ3v) is 7.03. The third kappa shape index (κ3) is 4.87. The van der Waals surface area contributed by atoms with Gasteiger partial charge in [0.15, 0.2) is 0 Å². The van der Waals surface area contributed by atoms with Crippen molar-refractivity contribution in [1.82, 2.24) is 9.80 Å². The van der Waals surface area contributed by atoms with Crippen LogP contribution < -0.4 is 10.2 Å². The molecule has 0 bridgehead atoms. The van der Waals surface area contributed by atoms with Gasteiger partial charge in [-0.1, -0.05) is 36.4 Å². The van der Waals surface area contributed by atoms with Crippen LogP contribution in [0.1, 0.15) is 24.1 Å². The molecule has 8 heteroatoms. The number of carbonyl (C=O) groups excluding carboxylic acids is 2. The largest absolute Gasteiger partial charge is 0.323 e. The number of hydrogen-bond acceptors (Lipinski definition) is 4. The third-order valence-electron chi connectivity index (χ3n) is 7.03. The van der Waals surface area contributed by atoms with Crippen molar-refractivity contribution in [2.24, 2.45) is 0 Å². The predicted molar refractivity (Wildman–Crippen MR) is 135 cm³/mol. The number of para-hydroxylation sites is 2. The van der Waals surface area contributed by atoms with E-state index in [2.05, 4.69) is 15.1 Å². The van der Waals surface area contributed by atoms with Gasteiger partial charge in [0.1, 0.15) is 18.2 Å². The molecule has 1 saturated heterocycles. The molecule has 0 radical (unpaired) electrons. The van der Waals surface area contributed by atoms with Gasteiger partial charge in [-0.05, 0) is 54.4 Å². The van der Waals surface area contributed by atoms with E-state index in [0.29, 0.717) is 37.6 Å². The molecule has 1 N–H and O–H groups in total. The van der Waals surface area contributed by atoms with E-state index in [0.717, 1.165) is 11.1 Å². The Hall–Kier alpha value is -3.62. The highest BCUT2D eigenvalue weighted by Gasteiger charge is 2.35. The quantitative estimate of drug-likeness (QED) is 0.587. The van der Waals surface area contributed by atoms with Crippen LogP contribution in [0, 0.1) is 11.6 Å². The molecule has 3 aromatic rings. The van der Waals surface area contributed by atoms with E-state index in [4.69, 9.17) is 0 Å². The highest BCUT2D eigenvalue weighted by molar-refractivity contribution is 6.11. The fourth-order valence-electron chi connectivity index (χ4n) is 5.10. The summed E-state index contributed by atoms with van der Waals surface area (Å²) in [4.78, 5) is 31.6. The Balaban J connectivity index is 1.31. The van der Waals surface area contributed by atoms with Crippen molar-refractivity contribution in [1.29, 1.82) is 0 Å². The Bertz CT molecular complexity index is 1200. The number of rotatable bonds is 5. The number of carbonyl (C=O) groups is 2. The molecule has 1 atom stereocenters. The summed E-state index contributed by atoms with van der Waals surface area (Å²) in [7, 11) is 0. The zero-order valence-corrected chi connectivity index (χ0v) is 20.0. The smallest absolute Gasteiger partial charge is 0.244 e. The molecule has 2 amide bonds. The minimum atomic E-state index is -0.402. The van der Waals surface area contributed by atoms with Crippen molar-refractivity contribution in [3.63, 3.8) is 0 Å². The van der Waals surface area contributed by atoms with Gasteiger partial charge in [0, 0.05) is 26.2 Å². The van der Waals surface area contributed by atoms with Gasteiger partial charge < -0.3 is 5.32 Å². The summed E-state index contributed by atoms with van der Waals surface area (Å²) in [5.74, 6) is -0.927. The lowest BCUT2D eigenvalue weighted by molar-refractivity contribution is -0.126. The molecule has 1 fully saturated rings. The maximum atomic E-state index is 13.6. The monoisotopic (exact) mass is 490 g/mol. The van der Waals surface area contributed by atoms with Crippen LogP contribution >= 0.6 is 0 Å². The molecule has 2 aliphatic rings. The Morgan fingerprint density at radius 3 is 1.92 bits per heavy atom. The van der Waals surface area contributed by atoms with Gasteiger partial charge in [0.05, 0.1) is 23.5 Å². The van der Waals surface area contributed by atoms with Crippen molar-refractivity contribution < 1.29 is 18.4 Å². The average molecular weight is 491 g/mol. The Morgan fingerprint density at radius 1 is 0.806 bits per heavy atom. The highest BCUT2D eigenvalue weighted by Crippen LogP contribution is 2.32. The summed E-state index contributed by atoms with van der Waals surface area (Å²) in [6, 6.07) is 19.6. The molecule has 0 aromatic heterocycles. The Labute approximate surface area is 209 Å². The van der Waals surface area contributed by atoms with Crippen molar-refractivity contribution in [2.75, 3.05) is 42.9 Å². The van der Waals surface area contributed by atoms with Crippen LogP contribution in [-0.2, 0) is 9.59 Å². The highest BCUT2D eigenvalue weighted by atomic mass is 19.1. The maximum absolute atomic E-state index is 13.6. The van der Waals surface area contributed by atoms with Crippen molar-refractivity contribution in [2.45, 2.75) is 19.0 Å². The number of nitrogens with one attached hydrogen (secondary N) is 1. The first-order chi connectivity index (χ1) is 17.4. The van der Waals surface area contributed by atoms with E-state index in [1.165, 1.54) is 24.3 Å². The first kappa shape index (κ1) is 24.1. The number of halogens is 2.